The third kappa shape index (κ3) is 4.30. The number of nitrogens with one attached hydrogen (secondary N) is 1. The molecule has 7 heteroatoms. The van der Waals surface area contributed by atoms with E-state index in [2.05, 4.69) is 10.1 Å². The summed E-state index contributed by atoms with van der Waals surface area (Å²) in [6.45, 7) is 0. The fourth-order valence-corrected chi connectivity index (χ4v) is 1.33. The van der Waals surface area contributed by atoms with Crippen LogP contribution in [0.1, 0.15) is 23.2 Å². The normalized spacial score (nSPS) is 9.74. The number of phenols is 1. The SMILES string of the molecule is COC(=O)CCC(=O)Nc1ccc(C(=O)O)c(O)c1. The molecule has 19 heavy (non-hydrogen) atoms. The van der Waals surface area contributed by atoms with E-state index in [1.807, 2.05) is 0 Å². The number of carboxylic acid groups (broad SMARTS) is 1. The average molecular weight is 267 g/mol. The molecule has 0 aliphatic rings. The molecule has 0 radical (unpaired) electrons. The van der Waals surface area contributed by atoms with Crippen LogP contribution in [0.25, 0.3) is 0 Å². The number of aromatic carboxylic acids is 1. The fraction of sp³-hybridized carbons (Fsp3) is 0.250. The molecule has 1 amide bonds. The minimum absolute atomic E-state index is 0.0540. The van der Waals surface area contributed by atoms with Crippen molar-refractivity contribution < 1.29 is 29.3 Å². The maximum Gasteiger partial charge on any atom is 0.339 e. The first-order chi connectivity index (χ1) is 8.93. The number of esters is 1. The highest BCUT2D eigenvalue weighted by Gasteiger charge is 2.11. The number of hydrogen-bond donors (Lipinski definition) is 3. The van der Waals surface area contributed by atoms with Gasteiger partial charge >= 0.3 is 11.9 Å². The Balaban J connectivity index is 2.63. The molecule has 1 aromatic carbocycles. The highest BCUT2D eigenvalue weighted by Crippen LogP contribution is 2.22. The summed E-state index contributed by atoms with van der Waals surface area (Å²) >= 11 is 0. The van der Waals surface area contributed by atoms with Crippen LogP contribution in [0.2, 0.25) is 0 Å². The summed E-state index contributed by atoms with van der Waals surface area (Å²) < 4.78 is 4.39. The van der Waals surface area contributed by atoms with Crippen LogP contribution >= 0.6 is 0 Å². The number of rotatable bonds is 5. The van der Waals surface area contributed by atoms with Gasteiger partial charge in [-0.05, 0) is 12.1 Å². The van der Waals surface area contributed by atoms with E-state index in [-0.39, 0.29) is 24.1 Å². The number of amides is 1. The second kappa shape index (κ2) is 6.39. The van der Waals surface area contributed by atoms with Gasteiger partial charge in [0.15, 0.2) is 0 Å². The van der Waals surface area contributed by atoms with Crippen LogP contribution in [0.15, 0.2) is 18.2 Å². The van der Waals surface area contributed by atoms with Gasteiger partial charge in [-0.3, -0.25) is 9.59 Å². The van der Waals surface area contributed by atoms with E-state index in [4.69, 9.17) is 5.11 Å². The van der Waals surface area contributed by atoms with Crippen LogP contribution < -0.4 is 5.32 Å². The quantitative estimate of drug-likeness (QED) is 0.685. The van der Waals surface area contributed by atoms with Crippen molar-refractivity contribution >= 4 is 23.5 Å². The van der Waals surface area contributed by atoms with E-state index >= 15 is 0 Å². The highest BCUT2D eigenvalue weighted by molar-refractivity contribution is 5.95. The van der Waals surface area contributed by atoms with Crippen LogP contribution in [0.5, 0.6) is 5.75 Å². The van der Waals surface area contributed by atoms with E-state index in [1.54, 1.807) is 0 Å². The largest absolute Gasteiger partial charge is 0.507 e. The third-order valence-corrected chi connectivity index (χ3v) is 2.30. The van der Waals surface area contributed by atoms with Gasteiger partial charge < -0.3 is 20.3 Å². The molecule has 0 aliphatic carbocycles. The molecule has 0 fully saturated rings. The number of carbonyl (C=O) groups is 3. The van der Waals surface area contributed by atoms with Crippen molar-refractivity contribution in [2.45, 2.75) is 12.8 Å². The van der Waals surface area contributed by atoms with Crippen molar-refractivity contribution in [3.8, 4) is 5.75 Å². The number of carbonyl (C=O) groups excluding carboxylic acids is 2. The van der Waals surface area contributed by atoms with Crippen LogP contribution in [0.3, 0.4) is 0 Å². The number of ether oxygens (including phenoxy) is 1. The zero-order valence-corrected chi connectivity index (χ0v) is 10.2. The number of hydrogen-bond acceptors (Lipinski definition) is 5. The molecular weight excluding hydrogens is 254 g/mol. The lowest BCUT2D eigenvalue weighted by Gasteiger charge is -2.06. The Kier molecular flexibility index (Phi) is 4.87. The summed E-state index contributed by atoms with van der Waals surface area (Å²) in [5, 5.41) is 20.6. The molecule has 1 rings (SSSR count). The number of carboxylic acids is 1. The summed E-state index contributed by atoms with van der Waals surface area (Å²) in [4.78, 5) is 32.9. The Bertz CT molecular complexity index is 511. The van der Waals surface area contributed by atoms with Gasteiger partial charge in [-0.1, -0.05) is 0 Å². The zero-order chi connectivity index (χ0) is 14.4. The second-order valence-electron chi connectivity index (χ2n) is 3.66. The number of methoxy groups -OCH3 is 1. The topological polar surface area (TPSA) is 113 Å². The van der Waals surface area contributed by atoms with Crippen molar-refractivity contribution in [1.29, 1.82) is 0 Å². The Morgan fingerprint density at radius 3 is 2.47 bits per heavy atom. The molecule has 1 aromatic rings. The summed E-state index contributed by atoms with van der Waals surface area (Å²) in [6, 6.07) is 3.65. The number of aromatic hydroxyl groups is 1. The molecule has 0 spiro atoms. The first kappa shape index (κ1) is 14.5. The van der Waals surface area contributed by atoms with Crippen LogP contribution in [-0.2, 0) is 14.3 Å². The van der Waals surface area contributed by atoms with E-state index in [9.17, 15) is 19.5 Å². The van der Waals surface area contributed by atoms with Crippen molar-refractivity contribution in [2.24, 2.45) is 0 Å². The van der Waals surface area contributed by atoms with Crippen LogP contribution in [0, 0.1) is 0 Å². The minimum atomic E-state index is -1.26. The average Bonchev–Trinajstić information content (AvgIpc) is 2.35. The first-order valence-corrected chi connectivity index (χ1v) is 5.37. The summed E-state index contributed by atoms with van der Waals surface area (Å²) in [5.74, 6) is -2.65. The molecule has 0 heterocycles. The predicted octanol–water partition coefficient (Wildman–Crippen LogP) is 0.982. The van der Waals surface area contributed by atoms with Gasteiger partial charge in [-0.2, -0.15) is 0 Å². The fourth-order valence-electron chi connectivity index (χ4n) is 1.33. The zero-order valence-electron chi connectivity index (χ0n) is 10.2. The Hall–Kier alpha value is -2.57. The molecule has 3 N–H and O–H groups in total. The van der Waals surface area contributed by atoms with E-state index in [1.165, 1.54) is 19.2 Å². The third-order valence-electron chi connectivity index (χ3n) is 2.30. The maximum atomic E-state index is 11.4. The van der Waals surface area contributed by atoms with Gasteiger partial charge in [-0.15, -0.1) is 0 Å². The molecule has 0 bridgehead atoms. The second-order valence-corrected chi connectivity index (χ2v) is 3.66. The number of benzene rings is 1. The lowest BCUT2D eigenvalue weighted by molar-refractivity contribution is -0.141. The van der Waals surface area contributed by atoms with Crippen molar-refractivity contribution in [3.63, 3.8) is 0 Å². The summed E-state index contributed by atoms with van der Waals surface area (Å²) in [6.07, 6.45) is -0.115. The van der Waals surface area contributed by atoms with Gasteiger partial charge in [0.05, 0.1) is 13.5 Å². The van der Waals surface area contributed by atoms with Gasteiger partial charge in [0, 0.05) is 18.2 Å². The first-order valence-electron chi connectivity index (χ1n) is 5.37. The monoisotopic (exact) mass is 267 g/mol. The van der Waals surface area contributed by atoms with Crippen LogP contribution in [-0.4, -0.2) is 35.2 Å². The minimum Gasteiger partial charge on any atom is -0.507 e. The Morgan fingerprint density at radius 2 is 1.95 bits per heavy atom. The van der Waals surface area contributed by atoms with Crippen molar-refractivity contribution in [2.75, 3.05) is 12.4 Å². The standard InChI is InChI=1S/C12H13NO6/c1-19-11(16)5-4-10(15)13-7-2-3-8(12(17)18)9(14)6-7/h2-3,6,14H,4-5H2,1H3,(H,13,15)(H,17,18). The van der Waals surface area contributed by atoms with Gasteiger partial charge in [-0.25, -0.2) is 4.79 Å². The van der Waals surface area contributed by atoms with Gasteiger partial charge in [0.25, 0.3) is 0 Å². The molecule has 102 valence electrons. The Morgan fingerprint density at radius 1 is 1.26 bits per heavy atom. The maximum absolute atomic E-state index is 11.4. The predicted molar refractivity (Wildman–Crippen MR) is 64.9 cm³/mol. The molecule has 0 saturated heterocycles. The lowest BCUT2D eigenvalue weighted by Crippen LogP contribution is -2.14. The van der Waals surface area contributed by atoms with Gasteiger partial charge in [0.1, 0.15) is 11.3 Å². The van der Waals surface area contributed by atoms with Gasteiger partial charge in [0.2, 0.25) is 5.91 Å². The molecule has 0 atom stereocenters. The smallest absolute Gasteiger partial charge is 0.339 e. The summed E-state index contributed by atoms with van der Waals surface area (Å²) in [7, 11) is 1.23. The molecule has 0 saturated carbocycles. The Labute approximate surface area is 108 Å². The lowest BCUT2D eigenvalue weighted by atomic mass is 10.2. The molecule has 0 aromatic heterocycles. The van der Waals surface area contributed by atoms with E-state index in [0.717, 1.165) is 6.07 Å². The number of anilines is 1. The van der Waals surface area contributed by atoms with Crippen LogP contribution in [0.4, 0.5) is 5.69 Å². The summed E-state index contributed by atoms with van der Waals surface area (Å²) in [5.41, 5.74) is -0.00933. The molecule has 0 aliphatic heterocycles. The molecule has 0 unspecified atom stereocenters. The van der Waals surface area contributed by atoms with Crippen molar-refractivity contribution in [1.82, 2.24) is 0 Å². The molecular formula is C12H13NO6. The molecule has 7 nitrogen and oxygen atoms in total. The highest BCUT2D eigenvalue weighted by atomic mass is 16.5. The van der Waals surface area contributed by atoms with E-state index < -0.39 is 23.6 Å². The van der Waals surface area contributed by atoms with Crippen molar-refractivity contribution in [3.05, 3.63) is 23.8 Å². The van der Waals surface area contributed by atoms with E-state index in [0.29, 0.717) is 0 Å².